The standard InChI is InChI=1S/C11H13N/c1-4-12-11(2,3)10-8-6-5-7-9-10/h1,5-9,12H,2-3H3. The van der Waals surface area contributed by atoms with Crippen molar-refractivity contribution < 1.29 is 0 Å². The number of rotatable bonds is 2. The fraction of sp³-hybridized carbons (Fsp3) is 0.273. The van der Waals surface area contributed by atoms with Gasteiger partial charge in [-0.25, -0.2) is 0 Å². The molecule has 1 aromatic carbocycles. The van der Waals surface area contributed by atoms with Crippen molar-refractivity contribution in [3.8, 4) is 12.5 Å². The molecule has 0 amide bonds. The van der Waals surface area contributed by atoms with E-state index in [0.29, 0.717) is 0 Å². The zero-order valence-corrected chi connectivity index (χ0v) is 7.46. The molecule has 0 spiro atoms. The Morgan fingerprint density at radius 3 is 2.33 bits per heavy atom. The molecule has 0 atom stereocenters. The van der Waals surface area contributed by atoms with Crippen LogP contribution in [0.25, 0.3) is 0 Å². The zero-order valence-electron chi connectivity index (χ0n) is 7.46. The Hall–Kier alpha value is -1.42. The van der Waals surface area contributed by atoms with Crippen LogP contribution in [0, 0.1) is 12.5 Å². The minimum atomic E-state index is -0.143. The summed E-state index contributed by atoms with van der Waals surface area (Å²) >= 11 is 0. The number of hydrogen-bond acceptors (Lipinski definition) is 1. The summed E-state index contributed by atoms with van der Waals surface area (Å²) in [6, 6.07) is 12.6. The van der Waals surface area contributed by atoms with Crippen molar-refractivity contribution in [1.29, 1.82) is 0 Å². The van der Waals surface area contributed by atoms with Crippen molar-refractivity contribution in [2.45, 2.75) is 19.4 Å². The van der Waals surface area contributed by atoms with Crippen LogP contribution in [-0.2, 0) is 5.54 Å². The molecular weight excluding hydrogens is 146 g/mol. The second kappa shape index (κ2) is 3.32. The van der Waals surface area contributed by atoms with E-state index in [9.17, 15) is 0 Å². The highest BCUT2D eigenvalue weighted by molar-refractivity contribution is 5.23. The highest BCUT2D eigenvalue weighted by Gasteiger charge is 2.17. The number of hydrogen-bond donors (Lipinski definition) is 1. The quantitative estimate of drug-likeness (QED) is 0.514. The molecule has 0 heterocycles. The SMILES string of the molecule is C#CNC(C)(C)c1ccccc1. The molecule has 0 aliphatic heterocycles. The summed E-state index contributed by atoms with van der Waals surface area (Å²) < 4.78 is 0. The van der Waals surface area contributed by atoms with Gasteiger partial charge in [0.2, 0.25) is 0 Å². The largest absolute Gasteiger partial charge is 0.336 e. The minimum absolute atomic E-state index is 0.143. The zero-order chi connectivity index (χ0) is 9.03. The first kappa shape index (κ1) is 8.67. The molecule has 1 nitrogen and oxygen atoms in total. The molecule has 0 aliphatic carbocycles. The predicted octanol–water partition coefficient (Wildman–Crippen LogP) is 2.10. The average molecular weight is 159 g/mol. The Bertz CT molecular complexity index is 280. The highest BCUT2D eigenvalue weighted by Crippen LogP contribution is 2.18. The Kier molecular flexibility index (Phi) is 2.40. The second-order valence-corrected chi connectivity index (χ2v) is 3.26. The van der Waals surface area contributed by atoms with Crippen molar-refractivity contribution in [2.24, 2.45) is 0 Å². The van der Waals surface area contributed by atoms with Crippen molar-refractivity contribution in [2.75, 3.05) is 0 Å². The summed E-state index contributed by atoms with van der Waals surface area (Å²) in [5, 5.41) is 2.97. The van der Waals surface area contributed by atoms with Crippen LogP contribution in [0.5, 0.6) is 0 Å². The lowest BCUT2D eigenvalue weighted by Crippen LogP contribution is -2.32. The molecule has 0 bridgehead atoms. The van der Waals surface area contributed by atoms with Crippen LogP contribution in [0.4, 0.5) is 0 Å². The van der Waals surface area contributed by atoms with E-state index < -0.39 is 0 Å². The van der Waals surface area contributed by atoms with Crippen LogP contribution in [0.15, 0.2) is 30.3 Å². The third kappa shape index (κ3) is 1.79. The lowest BCUT2D eigenvalue weighted by molar-refractivity contribution is 0.477. The molecule has 0 radical (unpaired) electrons. The van der Waals surface area contributed by atoms with Gasteiger partial charge >= 0.3 is 0 Å². The van der Waals surface area contributed by atoms with Crippen molar-refractivity contribution in [3.05, 3.63) is 35.9 Å². The molecule has 1 aromatic rings. The molecule has 1 rings (SSSR count). The molecule has 0 unspecified atom stereocenters. The third-order valence-corrected chi connectivity index (χ3v) is 1.88. The Morgan fingerprint density at radius 1 is 1.25 bits per heavy atom. The maximum absolute atomic E-state index is 5.19. The van der Waals surface area contributed by atoms with Gasteiger partial charge in [0.1, 0.15) is 0 Å². The van der Waals surface area contributed by atoms with Gasteiger partial charge in [-0.15, -0.1) is 0 Å². The maximum atomic E-state index is 5.19. The van der Waals surface area contributed by atoms with Crippen molar-refractivity contribution >= 4 is 0 Å². The van der Waals surface area contributed by atoms with Gasteiger partial charge in [0.25, 0.3) is 0 Å². The lowest BCUT2D eigenvalue weighted by Gasteiger charge is -2.24. The topological polar surface area (TPSA) is 12.0 Å². The van der Waals surface area contributed by atoms with Gasteiger partial charge < -0.3 is 5.32 Å². The Labute approximate surface area is 73.8 Å². The smallest absolute Gasteiger partial charge is 0.0643 e. The normalized spacial score (nSPS) is 10.4. The Balaban J connectivity index is 2.91. The summed E-state index contributed by atoms with van der Waals surface area (Å²) in [4.78, 5) is 0. The molecule has 0 aliphatic rings. The minimum Gasteiger partial charge on any atom is -0.336 e. The van der Waals surface area contributed by atoms with E-state index in [2.05, 4.69) is 37.3 Å². The van der Waals surface area contributed by atoms with E-state index in [0.717, 1.165) is 0 Å². The fourth-order valence-corrected chi connectivity index (χ4v) is 1.11. The number of terminal acetylenes is 1. The summed E-state index contributed by atoms with van der Waals surface area (Å²) in [5.74, 6) is 0. The molecule has 0 aromatic heterocycles. The van der Waals surface area contributed by atoms with Crippen LogP contribution in [0.2, 0.25) is 0 Å². The van der Waals surface area contributed by atoms with Crippen LogP contribution < -0.4 is 5.32 Å². The predicted molar refractivity (Wildman–Crippen MR) is 51.4 cm³/mol. The van der Waals surface area contributed by atoms with Gasteiger partial charge in [0.05, 0.1) is 5.54 Å². The lowest BCUT2D eigenvalue weighted by atomic mass is 9.95. The van der Waals surface area contributed by atoms with Gasteiger partial charge in [-0.1, -0.05) is 36.8 Å². The first-order valence-corrected chi connectivity index (χ1v) is 3.95. The van der Waals surface area contributed by atoms with Gasteiger partial charge in [-0.05, 0) is 19.4 Å². The molecule has 1 heteroatoms. The average Bonchev–Trinajstić information content (AvgIpc) is 2.06. The van der Waals surface area contributed by atoms with Crippen LogP contribution in [0.1, 0.15) is 19.4 Å². The van der Waals surface area contributed by atoms with E-state index in [1.807, 2.05) is 18.2 Å². The van der Waals surface area contributed by atoms with Gasteiger partial charge in [0, 0.05) is 6.04 Å². The monoisotopic (exact) mass is 159 g/mol. The van der Waals surface area contributed by atoms with E-state index in [4.69, 9.17) is 6.42 Å². The Morgan fingerprint density at radius 2 is 1.83 bits per heavy atom. The number of nitrogens with one attached hydrogen (secondary N) is 1. The molecule has 0 saturated heterocycles. The van der Waals surface area contributed by atoms with Gasteiger partial charge in [-0.2, -0.15) is 0 Å². The molecule has 0 fully saturated rings. The fourth-order valence-electron chi connectivity index (χ4n) is 1.11. The van der Waals surface area contributed by atoms with E-state index in [-0.39, 0.29) is 5.54 Å². The van der Waals surface area contributed by atoms with E-state index >= 15 is 0 Å². The molecule has 12 heavy (non-hydrogen) atoms. The summed E-state index contributed by atoms with van der Waals surface area (Å²) in [6.45, 7) is 4.12. The van der Waals surface area contributed by atoms with Gasteiger partial charge in [-0.3, -0.25) is 0 Å². The maximum Gasteiger partial charge on any atom is 0.0643 e. The first-order chi connectivity index (χ1) is 5.67. The van der Waals surface area contributed by atoms with Gasteiger partial charge in [0.15, 0.2) is 0 Å². The highest BCUT2D eigenvalue weighted by atomic mass is 14.9. The molecule has 1 N–H and O–H groups in total. The van der Waals surface area contributed by atoms with E-state index in [1.54, 1.807) is 0 Å². The summed E-state index contributed by atoms with van der Waals surface area (Å²) in [5.41, 5.74) is 1.05. The summed E-state index contributed by atoms with van der Waals surface area (Å²) in [6.07, 6.45) is 5.19. The van der Waals surface area contributed by atoms with E-state index in [1.165, 1.54) is 5.56 Å². The first-order valence-electron chi connectivity index (χ1n) is 3.95. The second-order valence-electron chi connectivity index (χ2n) is 3.26. The molecule has 0 saturated carbocycles. The van der Waals surface area contributed by atoms with Crippen molar-refractivity contribution in [1.82, 2.24) is 5.32 Å². The summed E-state index contributed by atoms with van der Waals surface area (Å²) in [7, 11) is 0. The van der Waals surface area contributed by atoms with Crippen molar-refractivity contribution in [3.63, 3.8) is 0 Å². The molecular formula is C11H13N. The van der Waals surface area contributed by atoms with Crippen LogP contribution >= 0.6 is 0 Å². The third-order valence-electron chi connectivity index (χ3n) is 1.88. The number of benzene rings is 1. The molecule has 62 valence electrons. The van der Waals surface area contributed by atoms with Crippen LogP contribution in [0.3, 0.4) is 0 Å². The van der Waals surface area contributed by atoms with Crippen LogP contribution in [-0.4, -0.2) is 0 Å².